The summed E-state index contributed by atoms with van der Waals surface area (Å²) in [6.45, 7) is 8.45. The van der Waals surface area contributed by atoms with Crippen molar-refractivity contribution < 1.29 is 4.39 Å². The van der Waals surface area contributed by atoms with E-state index < -0.39 is 0 Å². The van der Waals surface area contributed by atoms with Gasteiger partial charge in [-0.3, -0.25) is 9.38 Å². The highest BCUT2D eigenvalue weighted by atomic mass is 19.1. The molecule has 1 N–H and O–H groups in total. The molecule has 3 aromatic heterocycles. The molecule has 7 rings (SSSR count). The maximum atomic E-state index is 14.7. The minimum absolute atomic E-state index is 0.288. The first kappa shape index (κ1) is 22.4. The molecule has 2 aliphatic heterocycles. The molecule has 2 aliphatic rings. The summed E-state index contributed by atoms with van der Waals surface area (Å²) in [5, 5.41) is 4.29. The Bertz CT molecular complexity index is 1640. The second-order valence-electron chi connectivity index (χ2n) is 10.9. The smallest absolute Gasteiger partial charge is 0.149 e. The van der Waals surface area contributed by atoms with Crippen molar-refractivity contribution in [2.24, 2.45) is 5.41 Å². The van der Waals surface area contributed by atoms with E-state index in [0.29, 0.717) is 10.9 Å². The van der Waals surface area contributed by atoms with Gasteiger partial charge in [-0.15, -0.1) is 0 Å². The molecule has 1 spiro atoms. The van der Waals surface area contributed by atoms with Crippen LogP contribution in [0.4, 0.5) is 10.1 Å². The maximum Gasteiger partial charge on any atom is 0.149 e. The van der Waals surface area contributed by atoms with Gasteiger partial charge >= 0.3 is 0 Å². The van der Waals surface area contributed by atoms with Crippen LogP contribution in [0.5, 0.6) is 0 Å². The van der Waals surface area contributed by atoms with Crippen LogP contribution in [-0.2, 0) is 0 Å². The third-order valence-electron chi connectivity index (χ3n) is 8.21. The Kier molecular flexibility index (Phi) is 5.08. The molecule has 2 aromatic carbocycles. The fourth-order valence-corrected chi connectivity index (χ4v) is 6.20. The number of anilines is 1. The van der Waals surface area contributed by atoms with E-state index >= 15 is 0 Å². The van der Waals surface area contributed by atoms with E-state index in [2.05, 4.69) is 62.2 Å². The fraction of sp³-hybridized carbons (Fsp3) is 0.290. The van der Waals surface area contributed by atoms with Gasteiger partial charge in [-0.2, -0.15) is 0 Å². The molecule has 0 saturated carbocycles. The molecule has 0 bridgehead atoms. The molecule has 0 radical (unpaired) electrons. The lowest BCUT2D eigenvalue weighted by molar-refractivity contribution is 0.150. The number of aromatic nitrogens is 3. The number of nitrogens with zero attached hydrogens (tertiary/aromatic N) is 4. The lowest BCUT2D eigenvalue weighted by Crippen LogP contribution is -2.60. The highest BCUT2D eigenvalue weighted by Crippen LogP contribution is 2.41. The van der Waals surface area contributed by atoms with E-state index in [1.807, 2.05) is 32.2 Å². The maximum absolute atomic E-state index is 14.7. The Hall–Kier alpha value is -3.77. The number of rotatable bonds is 3. The Balaban J connectivity index is 1.19. The summed E-state index contributed by atoms with van der Waals surface area (Å²) in [6, 6.07) is 18.7. The van der Waals surface area contributed by atoms with E-state index in [1.54, 1.807) is 0 Å². The van der Waals surface area contributed by atoms with Crippen LogP contribution >= 0.6 is 0 Å². The normalized spacial score (nSPS) is 17.0. The second-order valence-corrected chi connectivity index (χ2v) is 10.9. The standard InChI is InChI=1S/C31H30FN5/c1-20-13-26-25(15-21(2)35-30(26)27(32)14-20)28-17-34-29-16-23(7-12-37(28)29)22-3-5-24(6-4-22)36-18-31(19-36)8-10-33-11-9-31/h3-7,12-17,33H,8-11,18-19H2,1-2H3. The van der Waals surface area contributed by atoms with E-state index in [4.69, 9.17) is 4.98 Å². The van der Waals surface area contributed by atoms with E-state index in [9.17, 15) is 4.39 Å². The van der Waals surface area contributed by atoms with Gasteiger partial charge in [0, 0.05) is 47.0 Å². The molecule has 0 atom stereocenters. The third-order valence-corrected chi connectivity index (χ3v) is 8.21. The summed E-state index contributed by atoms with van der Waals surface area (Å²) in [7, 11) is 0. The molecule has 0 aliphatic carbocycles. The van der Waals surface area contributed by atoms with E-state index in [1.165, 1.54) is 43.2 Å². The second kappa shape index (κ2) is 8.38. The van der Waals surface area contributed by atoms with Crippen molar-refractivity contribution >= 4 is 22.2 Å². The zero-order valence-electron chi connectivity index (χ0n) is 21.3. The number of piperidine rings is 1. The molecule has 0 unspecified atom stereocenters. The largest absolute Gasteiger partial charge is 0.370 e. The summed E-state index contributed by atoms with van der Waals surface area (Å²) in [4.78, 5) is 11.7. The van der Waals surface area contributed by atoms with Crippen molar-refractivity contribution in [3.05, 3.63) is 84.1 Å². The van der Waals surface area contributed by atoms with Crippen molar-refractivity contribution in [1.29, 1.82) is 0 Å². The summed E-state index contributed by atoms with van der Waals surface area (Å²) in [6.07, 6.45) is 6.51. The van der Waals surface area contributed by atoms with Crippen LogP contribution in [0, 0.1) is 25.1 Å². The van der Waals surface area contributed by atoms with Crippen LogP contribution in [0.2, 0.25) is 0 Å². The van der Waals surface area contributed by atoms with Gasteiger partial charge < -0.3 is 10.2 Å². The zero-order chi connectivity index (χ0) is 25.1. The van der Waals surface area contributed by atoms with Crippen LogP contribution in [0.3, 0.4) is 0 Å². The molecule has 5 heterocycles. The Morgan fingerprint density at radius 1 is 0.919 bits per heavy atom. The van der Waals surface area contributed by atoms with Crippen molar-refractivity contribution in [3.8, 4) is 22.4 Å². The van der Waals surface area contributed by atoms with E-state index in [-0.39, 0.29) is 5.82 Å². The molecule has 0 amide bonds. The summed E-state index contributed by atoms with van der Waals surface area (Å²) >= 11 is 0. The lowest BCUT2D eigenvalue weighted by Gasteiger charge is -2.53. The van der Waals surface area contributed by atoms with Gasteiger partial charge in [0.05, 0.1) is 11.9 Å². The number of benzene rings is 2. The Labute approximate surface area is 216 Å². The highest BCUT2D eigenvalue weighted by molar-refractivity contribution is 5.95. The van der Waals surface area contributed by atoms with Crippen LogP contribution < -0.4 is 10.2 Å². The molecule has 6 heteroatoms. The minimum Gasteiger partial charge on any atom is -0.370 e. The first-order valence-corrected chi connectivity index (χ1v) is 13.1. The number of halogens is 1. The van der Waals surface area contributed by atoms with Gasteiger partial charge in [0.15, 0.2) is 0 Å². The number of pyridine rings is 2. The van der Waals surface area contributed by atoms with Gasteiger partial charge in [0.2, 0.25) is 0 Å². The summed E-state index contributed by atoms with van der Waals surface area (Å²) in [5.41, 5.74) is 8.94. The number of nitrogens with one attached hydrogen (secondary N) is 1. The van der Waals surface area contributed by atoms with Crippen molar-refractivity contribution in [3.63, 3.8) is 0 Å². The van der Waals surface area contributed by atoms with E-state index in [0.717, 1.165) is 52.2 Å². The molecule has 2 saturated heterocycles. The predicted molar refractivity (Wildman–Crippen MR) is 148 cm³/mol. The lowest BCUT2D eigenvalue weighted by atomic mass is 9.72. The van der Waals surface area contributed by atoms with Crippen LogP contribution in [0.1, 0.15) is 24.1 Å². The number of aryl methyl sites for hydroxylation is 2. The summed E-state index contributed by atoms with van der Waals surface area (Å²) < 4.78 is 16.8. The molecular weight excluding hydrogens is 461 g/mol. The van der Waals surface area contributed by atoms with Gasteiger partial charge in [-0.05, 0) is 98.9 Å². The van der Waals surface area contributed by atoms with Crippen molar-refractivity contribution in [1.82, 2.24) is 19.7 Å². The summed E-state index contributed by atoms with van der Waals surface area (Å²) in [5.74, 6) is -0.288. The topological polar surface area (TPSA) is 45.5 Å². The minimum atomic E-state index is -0.288. The monoisotopic (exact) mass is 491 g/mol. The molecule has 37 heavy (non-hydrogen) atoms. The van der Waals surface area contributed by atoms with Crippen LogP contribution in [0.25, 0.3) is 38.9 Å². The predicted octanol–water partition coefficient (Wildman–Crippen LogP) is 6.16. The number of fused-ring (bicyclic) bond motifs is 2. The number of hydrogen-bond acceptors (Lipinski definition) is 4. The van der Waals surface area contributed by atoms with Crippen LogP contribution in [-0.4, -0.2) is 40.5 Å². The Morgan fingerprint density at radius 3 is 2.49 bits per heavy atom. The number of imidazole rings is 1. The zero-order valence-corrected chi connectivity index (χ0v) is 21.3. The third kappa shape index (κ3) is 3.78. The van der Waals surface area contributed by atoms with Gasteiger partial charge in [-0.1, -0.05) is 12.1 Å². The van der Waals surface area contributed by atoms with Gasteiger partial charge in [0.1, 0.15) is 17.0 Å². The van der Waals surface area contributed by atoms with Crippen molar-refractivity contribution in [2.75, 3.05) is 31.1 Å². The molecule has 186 valence electrons. The van der Waals surface area contributed by atoms with Crippen LogP contribution in [0.15, 0.2) is 67.0 Å². The van der Waals surface area contributed by atoms with Gasteiger partial charge in [0.25, 0.3) is 0 Å². The molecular formula is C31H30FN5. The molecule has 5 aromatic rings. The molecule has 5 nitrogen and oxygen atoms in total. The SMILES string of the molecule is Cc1cc(F)c2nc(C)cc(-c3cnc4cc(-c5ccc(N6CC7(CCNCC7)C6)cc5)ccn34)c2c1. The average molecular weight is 492 g/mol. The highest BCUT2D eigenvalue weighted by Gasteiger charge is 2.43. The first-order valence-electron chi connectivity index (χ1n) is 13.1. The fourth-order valence-electron chi connectivity index (χ4n) is 6.20. The average Bonchev–Trinajstić information content (AvgIpc) is 3.31. The Morgan fingerprint density at radius 2 is 1.70 bits per heavy atom. The number of hydrogen-bond donors (Lipinski definition) is 1. The van der Waals surface area contributed by atoms with Gasteiger partial charge in [-0.25, -0.2) is 9.37 Å². The quantitative estimate of drug-likeness (QED) is 0.328. The first-order chi connectivity index (χ1) is 18.0. The van der Waals surface area contributed by atoms with Crippen molar-refractivity contribution in [2.45, 2.75) is 26.7 Å². The molecule has 2 fully saturated rings.